The molecule has 0 N–H and O–H groups in total. The molecule has 0 aliphatic carbocycles. The number of hydrogen-bond acceptors (Lipinski definition) is 6. The van der Waals surface area contributed by atoms with Crippen LogP contribution in [0.4, 0.5) is 0 Å². The first kappa shape index (κ1) is 17.3. The SMILES string of the molecule is C=C(C)COOC(COC(=O)C(=C)C)C(=O)OCC. The molecule has 108 valence electrons. The highest BCUT2D eigenvalue weighted by molar-refractivity contribution is 5.87. The van der Waals surface area contributed by atoms with Crippen LogP contribution in [-0.4, -0.2) is 37.9 Å². The lowest BCUT2D eigenvalue weighted by Crippen LogP contribution is -2.32. The van der Waals surface area contributed by atoms with Gasteiger partial charge >= 0.3 is 11.9 Å². The molecule has 0 saturated carbocycles. The van der Waals surface area contributed by atoms with E-state index in [1.54, 1.807) is 13.8 Å². The molecule has 0 heterocycles. The average Bonchev–Trinajstić information content (AvgIpc) is 2.32. The molecular weight excluding hydrogens is 252 g/mol. The number of ether oxygens (including phenoxy) is 2. The predicted octanol–water partition coefficient (Wildman–Crippen LogP) is 1.56. The Morgan fingerprint density at radius 1 is 1.16 bits per heavy atom. The largest absolute Gasteiger partial charge is 0.464 e. The molecule has 0 aromatic rings. The summed E-state index contributed by atoms with van der Waals surface area (Å²) in [5.74, 6) is -1.28. The normalized spacial score (nSPS) is 11.5. The summed E-state index contributed by atoms with van der Waals surface area (Å²) in [6.45, 7) is 11.9. The summed E-state index contributed by atoms with van der Waals surface area (Å²) in [6.07, 6.45) is -1.14. The molecule has 0 radical (unpaired) electrons. The second kappa shape index (κ2) is 9.29. The molecule has 1 unspecified atom stereocenters. The molecule has 0 fully saturated rings. The Balaban J connectivity index is 4.32. The van der Waals surface area contributed by atoms with E-state index in [1.165, 1.54) is 6.92 Å². The second-order valence-corrected chi connectivity index (χ2v) is 3.94. The van der Waals surface area contributed by atoms with E-state index in [9.17, 15) is 9.59 Å². The van der Waals surface area contributed by atoms with Gasteiger partial charge < -0.3 is 9.47 Å². The van der Waals surface area contributed by atoms with Gasteiger partial charge in [-0.15, -0.1) is 0 Å². The van der Waals surface area contributed by atoms with E-state index in [1.807, 2.05) is 0 Å². The van der Waals surface area contributed by atoms with Crippen LogP contribution in [0.1, 0.15) is 20.8 Å². The minimum atomic E-state index is -1.14. The third kappa shape index (κ3) is 8.12. The van der Waals surface area contributed by atoms with Crippen molar-refractivity contribution in [3.05, 3.63) is 24.3 Å². The smallest absolute Gasteiger partial charge is 0.342 e. The van der Waals surface area contributed by atoms with Crippen LogP contribution >= 0.6 is 0 Å². The third-order valence-corrected chi connectivity index (χ3v) is 1.75. The van der Waals surface area contributed by atoms with Crippen LogP contribution in [0.2, 0.25) is 0 Å². The fourth-order valence-corrected chi connectivity index (χ4v) is 0.862. The van der Waals surface area contributed by atoms with E-state index in [4.69, 9.17) is 19.2 Å². The fourth-order valence-electron chi connectivity index (χ4n) is 0.862. The van der Waals surface area contributed by atoms with Gasteiger partial charge in [-0.3, -0.25) is 0 Å². The lowest BCUT2D eigenvalue weighted by atomic mass is 10.3. The Hall–Kier alpha value is -1.66. The van der Waals surface area contributed by atoms with Crippen molar-refractivity contribution in [2.75, 3.05) is 19.8 Å². The van der Waals surface area contributed by atoms with Crippen molar-refractivity contribution in [3.63, 3.8) is 0 Å². The minimum absolute atomic E-state index is 0.129. The number of hydrogen-bond donors (Lipinski definition) is 0. The molecule has 0 amide bonds. The summed E-state index contributed by atoms with van der Waals surface area (Å²) in [5.41, 5.74) is 0.951. The zero-order chi connectivity index (χ0) is 14.8. The summed E-state index contributed by atoms with van der Waals surface area (Å²) in [7, 11) is 0. The Labute approximate surface area is 112 Å². The van der Waals surface area contributed by atoms with E-state index in [-0.39, 0.29) is 25.4 Å². The van der Waals surface area contributed by atoms with Gasteiger partial charge in [-0.25, -0.2) is 19.4 Å². The highest BCUT2D eigenvalue weighted by atomic mass is 17.2. The average molecular weight is 272 g/mol. The standard InChI is InChI=1S/C13H20O6/c1-6-16-13(15)11(19-18-7-9(2)3)8-17-12(14)10(4)5/h11H,2,4,6-8H2,1,3,5H3. The Kier molecular flexibility index (Phi) is 8.48. The number of esters is 2. The lowest BCUT2D eigenvalue weighted by Gasteiger charge is -2.15. The summed E-state index contributed by atoms with van der Waals surface area (Å²) in [6, 6.07) is 0. The van der Waals surface area contributed by atoms with Crippen molar-refractivity contribution in [2.45, 2.75) is 26.9 Å². The van der Waals surface area contributed by atoms with Gasteiger partial charge in [-0.05, 0) is 20.8 Å². The van der Waals surface area contributed by atoms with E-state index >= 15 is 0 Å². The van der Waals surface area contributed by atoms with Gasteiger partial charge in [0.2, 0.25) is 6.10 Å². The molecule has 0 saturated heterocycles. The van der Waals surface area contributed by atoms with Gasteiger partial charge in [-0.2, -0.15) is 0 Å². The maximum atomic E-state index is 11.5. The van der Waals surface area contributed by atoms with Gasteiger partial charge in [0.15, 0.2) is 0 Å². The second-order valence-electron chi connectivity index (χ2n) is 3.94. The van der Waals surface area contributed by atoms with Crippen LogP contribution in [0.5, 0.6) is 0 Å². The Morgan fingerprint density at radius 3 is 2.26 bits per heavy atom. The summed E-state index contributed by atoms with van der Waals surface area (Å²) < 4.78 is 9.60. The van der Waals surface area contributed by atoms with Gasteiger partial charge in [0.05, 0.1) is 6.61 Å². The molecule has 0 aliphatic rings. The molecule has 0 rings (SSSR count). The van der Waals surface area contributed by atoms with E-state index in [0.717, 1.165) is 5.57 Å². The lowest BCUT2D eigenvalue weighted by molar-refractivity contribution is -0.319. The summed E-state index contributed by atoms with van der Waals surface area (Å²) in [4.78, 5) is 32.4. The van der Waals surface area contributed by atoms with Crippen LogP contribution in [0.3, 0.4) is 0 Å². The maximum Gasteiger partial charge on any atom is 0.342 e. The molecule has 19 heavy (non-hydrogen) atoms. The molecular formula is C13H20O6. The van der Waals surface area contributed by atoms with E-state index in [0.29, 0.717) is 0 Å². The van der Waals surface area contributed by atoms with Crippen LogP contribution in [0.15, 0.2) is 24.3 Å². The first-order chi connectivity index (χ1) is 8.88. The van der Waals surface area contributed by atoms with Gasteiger partial charge in [0.25, 0.3) is 0 Å². The van der Waals surface area contributed by atoms with Crippen molar-refractivity contribution >= 4 is 11.9 Å². The third-order valence-electron chi connectivity index (χ3n) is 1.75. The zero-order valence-corrected chi connectivity index (χ0v) is 11.6. The highest BCUT2D eigenvalue weighted by Crippen LogP contribution is 2.02. The van der Waals surface area contributed by atoms with Crippen molar-refractivity contribution < 1.29 is 28.8 Å². The number of rotatable bonds is 9. The predicted molar refractivity (Wildman–Crippen MR) is 68.0 cm³/mol. The maximum absolute atomic E-state index is 11.5. The van der Waals surface area contributed by atoms with Crippen LogP contribution in [0, 0.1) is 0 Å². The van der Waals surface area contributed by atoms with Crippen molar-refractivity contribution in [1.29, 1.82) is 0 Å². The van der Waals surface area contributed by atoms with Crippen molar-refractivity contribution in [3.8, 4) is 0 Å². The molecule has 1 atom stereocenters. The van der Waals surface area contributed by atoms with Crippen LogP contribution in [-0.2, 0) is 28.8 Å². The zero-order valence-electron chi connectivity index (χ0n) is 11.6. The number of carbonyl (C=O) groups excluding carboxylic acids is 2. The first-order valence-electron chi connectivity index (χ1n) is 5.80. The topological polar surface area (TPSA) is 71.1 Å². The number of carbonyl (C=O) groups is 2. The fraction of sp³-hybridized carbons (Fsp3) is 0.538. The van der Waals surface area contributed by atoms with E-state index in [2.05, 4.69) is 13.2 Å². The van der Waals surface area contributed by atoms with Crippen molar-refractivity contribution in [1.82, 2.24) is 0 Å². The molecule has 0 aromatic carbocycles. The van der Waals surface area contributed by atoms with Crippen LogP contribution in [0.25, 0.3) is 0 Å². The highest BCUT2D eigenvalue weighted by Gasteiger charge is 2.24. The molecule has 0 aromatic heterocycles. The van der Waals surface area contributed by atoms with E-state index < -0.39 is 18.0 Å². The van der Waals surface area contributed by atoms with Crippen LogP contribution < -0.4 is 0 Å². The minimum Gasteiger partial charge on any atom is -0.464 e. The van der Waals surface area contributed by atoms with Gasteiger partial charge in [0.1, 0.15) is 13.2 Å². The molecule has 0 spiro atoms. The van der Waals surface area contributed by atoms with Crippen molar-refractivity contribution in [2.24, 2.45) is 0 Å². The molecule has 0 bridgehead atoms. The van der Waals surface area contributed by atoms with Gasteiger partial charge in [0, 0.05) is 5.57 Å². The summed E-state index contributed by atoms with van der Waals surface area (Å²) >= 11 is 0. The molecule has 6 heteroatoms. The Bertz CT molecular complexity index is 347. The first-order valence-corrected chi connectivity index (χ1v) is 5.80. The van der Waals surface area contributed by atoms with Gasteiger partial charge in [-0.1, -0.05) is 18.7 Å². The molecule has 6 nitrogen and oxygen atoms in total. The molecule has 0 aliphatic heterocycles. The monoisotopic (exact) mass is 272 g/mol. The summed E-state index contributed by atoms with van der Waals surface area (Å²) in [5, 5.41) is 0. The quantitative estimate of drug-likeness (QED) is 0.208. The Morgan fingerprint density at radius 2 is 1.79 bits per heavy atom.